The number of para-hydroxylation sites is 3. The topological polar surface area (TPSA) is 77.6 Å². The monoisotopic (exact) mass is 817 g/mol. The molecule has 0 saturated carbocycles. The molecule has 0 fully saturated rings. The predicted octanol–water partition coefficient (Wildman–Crippen LogP) is 14.7. The maximum absolute atomic E-state index is 6.39. The third-order valence-electron chi connectivity index (χ3n) is 11.0. The first-order chi connectivity index (χ1) is 30.2. The predicted molar refractivity (Wildman–Crippen MR) is 252 cm³/mol. The summed E-state index contributed by atoms with van der Waals surface area (Å²) >= 11 is 3.43. The molecule has 286 valence electrons. The SMILES string of the molecule is c1ccc(-c2cc(-c3ccccc3)cc(-c3nc(-c4cc(-c5nc6ccccc6o5)cc(-c5nc6ccccc6s5)c4)nc(-c4cccc5sc6ccccc6c45)n3)c2)cc1. The molecule has 0 amide bonds. The van der Waals surface area contributed by atoms with E-state index < -0.39 is 0 Å². The normalized spacial score (nSPS) is 11.6. The quantitative estimate of drug-likeness (QED) is 0.159. The highest BCUT2D eigenvalue weighted by molar-refractivity contribution is 7.26. The van der Waals surface area contributed by atoms with E-state index in [2.05, 4.69) is 133 Å². The average molecular weight is 818 g/mol. The molecule has 4 aromatic heterocycles. The fourth-order valence-corrected chi connectivity index (χ4v) is 10.1. The fourth-order valence-electron chi connectivity index (χ4n) is 8.06. The molecule has 0 aliphatic carbocycles. The Kier molecular flexibility index (Phi) is 8.43. The van der Waals surface area contributed by atoms with Gasteiger partial charge in [0.1, 0.15) is 10.5 Å². The molecule has 0 atom stereocenters. The van der Waals surface area contributed by atoms with Gasteiger partial charge in [-0.3, -0.25) is 0 Å². The highest BCUT2D eigenvalue weighted by Crippen LogP contribution is 2.42. The number of rotatable bonds is 7. The van der Waals surface area contributed by atoms with Gasteiger partial charge in [0.2, 0.25) is 5.89 Å². The van der Waals surface area contributed by atoms with Gasteiger partial charge in [0.15, 0.2) is 23.1 Å². The van der Waals surface area contributed by atoms with Crippen molar-refractivity contribution in [3.05, 3.63) is 188 Å². The Hall–Kier alpha value is -7.65. The molecular weight excluding hydrogens is 787 g/mol. The molecule has 8 heteroatoms. The van der Waals surface area contributed by atoms with Crippen molar-refractivity contribution in [2.75, 3.05) is 0 Å². The minimum atomic E-state index is 0.512. The molecule has 0 spiro atoms. The lowest BCUT2D eigenvalue weighted by atomic mass is 9.95. The van der Waals surface area contributed by atoms with E-state index in [9.17, 15) is 0 Å². The van der Waals surface area contributed by atoms with Crippen molar-refractivity contribution in [1.82, 2.24) is 24.9 Å². The first-order valence-electron chi connectivity index (χ1n) is 20.0. The van der Waals surface area contributed by atoms with Gasteiger partial charge in [0.05, 0.1) is 10.2 Å². The van der Waals surface area contributed by atoms with E-state index in [4.69, 9.17) is 29.3 Å². The van der Waals surface area contributed by atoms with Gasteiger partial charge in [-0.25, -0.2) is 24.9 Å². The minimum Gasteiger partial charge on any atom is -0.436 e. The molecule has 0 unspecified atom stereocenters. The zero-order valence-electron chi connectivity index (χ0n) is 32.4. The Morgan fingerprint density at radius 2 is 0.902 bits per heavy atom. The third kappa shape index (κ3) is 6.46. The van der Waals surface area contributed by atoms with E-state index in [0.29, 0.717) is 23.4 Å². The first kappa shape index (κ1) is 35.3. The molecular formula is C53H31N5OS2. The van der Waals surface area contributed by atoms with Crippen LogP contribution in [-0.2, 0) is 0 Å². The van der Waals surface area contributed by atoms with Gasteiger partial charge in [-0.2, -0.15) is 0 Å². The maximum Gasteiger partial charge on any atom is 0.227 e. The molecule has 0 bridgehead atoms. The number of aromatic nitrogens is 5. The smallest absolute Gasteiger partial charge is 0.227 e. The van der Waals surface area contributed by atoms with Crippen LogP contribution in [0.2, 0.25) is 0 Å². The Morgan fingerprint density at radius 1 is 0.344 bits per heavy atom. The lowest BCUT2D eigenvalue weighted by Crippen LogP contribution is -2.01. The number of hydrogen-bond acceptors (Lipinski definition) is 8. The first-order valence-corrected chi connectivity index (χ1v) is 21.6. The van der Waals surface area contributed by atoms with E-state index in [1.54, 1.807) is 22.7 Å². The number of oxazole rings is 1. The highest BCUT2D eigenvalue weighted by atomic mass is 32.1. The molecule has 0 radical (unpaired) electrons. The van der Waals surface area contributed by atoms with Gasteiger partial charge >= 0.3 is 0 Å². The number of hydrogen-bond donors (Lipinski definition) is 0. The summed E-state index contributed by atoms with van der Waals surface area (Å²) in [6, 6.07) is 64.9. The van der Waals surface area contributed by atoms with Crippen molar-refractivity contribution < 1.29 is 4.42 Å². The third-order valence-corrected chi connectivity index (χ3v) is 13.2. The molecule has 61 heavy (non-hydrogen) atoms. The van der Waals surface area contributed by atoms with Crippen LogP contribution in [0.3, 0.4) is 0 Å². The zero-order valence-corrected chi connectivity index (χ0v) is 34.0. The van der Waals surface area contributed by atoms with E-state index in [1.165, 1.54) is 14.8 Å². The Morgan fingerprint density at radius 3 is 1.62 bits per heavy atom. The van der Waals surface area contributed by atoms with Crippen LogP contribution in [0, 0.1) is 0 Å². The van der Waals surface area contributed by atoms with Gasteiger partial charge < -0.3 is 4.42 Å². The molecule has 12 rings (SSSR count). The zero-order chi connectivity index (χ0) is 40.3. The Balaban J connectivity index is 1.13. The molecule has 8 aromatic carbocycles. The summed E-state index contributed by atoms with van der Waals surface area (Å²) in [5, 5.41) is 3.19. The lowest BCUT2D eigenvalue weighted by molar-refractivity contribution is 0.620. The second-order valence-corrected chi connectivity index (χ2v) is 17.0. The minimum absolute atomic E-state index is 0.512. The van der Waals surface area contributed by atoms with Crippen molar-refractivity contribution >= 4 is 64.2 Å². The molecule has 0 N–H and O–H groups in total. The molecule has 0 aliphatic heterocycles. The number of nitrogens with zero attached hydrogens (tertiary/aromatic N) is 5. The van der Waals surface area contributed by atoms with Crippen molar-refractivity contribution in [2.45, 2.75) is 0 Å². The van der Waals surface area contributed by atoms with Gasteiger partial charge in [-0.15, -0.1) is 22.7 Å². The van der Waals surface area contributed by atoms with Crippen LogP contribution in [0.5, 0.6) is 0 Å². The Bertz CT molecular complexity index is 3400. The summed E-state index contributed by atoms with van der Waals surface area (Å²) in [5.74, 6) is 2.20. The lowest BCUT2D eigenvalue weighted by Gasteiger charge is -2.13. The van der Waals surface area contributed by atoms with Crippen molar-refractivity contribution in [3.63, 3.8) is 0 Å². The molecule has 6 nitrogen and oxygen atoms in total. The standard InChI is InChI=1S/C53H31N5OS2/c1-3-14-32(15-4-1)34-26-35(33-16-5-2-6-17-33)28-36(27-34)49-56-50(58-51(57-49)41-19-13-25-47-48(41)40-18-7-11-23-45(40)60-47)37-29-38(52-54-42-20-8-10-22-44(42)59-52)31-39(30-37)53-55-43-21-9-12-24-46(43)61-53/h1-31H. The highest BCUT2D eigenvalue weighted by Gasteiger charge is 2.21. The summed E-state index contributed by atoms with van der Waals surface area (Å²) in [4.78, 5) is 26.1. The van der Waals surface area contributed by atoms with Crippen molar-refractivity contribution in [2.24, 2.45) is 0 Å². The van der Waals surface area contributed by atoms with Crippen molar-refractivity contribution in [3.8, 4) is 78.4 Å². The largest absolute Gasteiger partial charge is 0.436 e. The van der Waals surface area contributed by atoms with Gasteiger partial charge in [0, 0.05) is 48.0 Å². The number of benzene rings is 8. The summed E-state index contributed by atoms with van der Waals surface area (Å²) in [5.41, 5.74) is 11.2. The van der Waals surface area contributed by atoms with E-state index in [0.717, 1.165) is 81.8 Å². The van der Waals surface area contributed by atoms with Gasteiger partial charge in [-0.1, -0.05) is 115 Å². The van der Waals surface area contributed by atoms with E-state index >= 15 is 0 Å². The van der Waals surface area contributed by atoms with Crippen LogP contribution < -0.4 is 0 Å². The number of thiophene rings is 1. The van der Waals surface area contributed by atoms with Crippen LogP contribution >= 0.6 is 22.7 Å². The summed E-state index contributed by atoms with van der Waals surface area (Å²) in [6.07, 6.45) is 0. The summed E-state index contributed by atoms with van der Waals surface area (Å²) in [6.45, 7) is 0. The number of thiazole rings is 1. The van der Waals surface area contributed by atoms with E-state index in [1.807, 2.05) is 54.6 Å². The van der Waals surface area contributed by atoms with Crippen LogP contribution in [0.15, 0.2) is 192 Å². The van der Waals surface area contributed by atoms with Crippen LogP contribution in [0.1, 0.15) is 0 Å². The maximum atomic E-state index is 6.39. The fraction of sp³-hybridized carbons (Fsp3) is 0. The van der Waals surface area contributed by atoms with E-state index in [-0.39, 0.29) is 0 Å². The van der Waals surface area contributed by atoms with Crippen LogP contribution in [0.25, 0.3) is 120 Å². The Labute approximate surface area is 358 Å². The molecule has 12 aromatic rings. The van der Waals surface area contributed by atoms with Gasteiger partial charge in [-0.05, 0) is 95.1 Å². The van der Waals surface area contributed by atoms with Crippen LogP contribution in [0.4, 0.5) is 0 Å². The molecule has 0 aliphatic rings. The summed E-state index contributed by atoms with van der Waals surface area (Å²) < 4.78 is 9.90. The molecule has 4 heterocycles. The van der Waals surface area contributed by atoms with Crippen LogP contribution in [-0.4, -0.2) is 24.9 Å². The second kappa shape index (κ2) is 14.6. The van der Waals surface area contributed by atoms with Gasteiger partial charge in [0.25, 0.3) is 0 Å². The average Bonchev–Trinajstić information content (AvgIpc) is 4.07. The molecule has 0 saturated heterocycles. The number of fused-ring (bicyclic) bond motifs is 5. The van der Waals surface area contributed by atoms with Crippen molar-refractivity contribution in [1.29, 1.82) is 0 Å². The summed E-state index contributed by atoms with van der Waals surface area (Å²) in [7, 11) is 0. The second-order valence-electron chi connectivity index (χ2n) is 14.9.